The highest BCUT2D eigenvalue weighted by Crippen LogP contribution is 2.41. The third-order valence-electron chi connectivity index (χ3n) is 5.04. The summed E-state index contributed by atoms with van der Waals surface area (Å²) in [5, 5.41) is 12.5. The quantitative estimate of drug-likeness (QED) is 0.215. The molecule has 0 saturated heterocycles. The van der Waals surface area contributed by atoms with Crippen molar-refractivity contribution in [2.24, 2.45) is 10.7 Å². The standard InChI is InChI=1S/C24H28FN3O5S/c1-3-27-10-7-22(26)28-23(30)16-11-17(13-18(12-16)33-24(15-29)8-9-24)32-21-6-5-19(14-20(21)25)34(31)4-2/h5-7,10-14,29,31H,3-4,8-9,15H2,1-2H3,(H2-,26,27,28,30)/p+1. The van der Waals surface area contributed by atoms with Gasteiger partial charge < -0.3 is 25.6 Å². The lowest BCUT2D eigenvalue weighted by Crippen LogP contribution is -2.22. The average Bonchev–Trinajstić information content (AvgIpc) is 3.59. The molecule has 0 radical (unpaired) electrons. The lowest BCUT2D eigenvalue weighted by atomic mass is 10.2. The summed E-state index contributed by atoms with van der Waals surface area (Å²) in [6.45, 7) is 4.25. The van der Waals surface area contributed by atoms with E-state index >= 15 is 0 Å². The van der Waals surface area contributed by atoms with Crippen LogP contribution in [0.25, 0.3) is 0 Å². The molecule has 1 fully saturated rings. The second-order valence-electron chi connectivity index (χ2n) is 7.72. The van der Waals surface area contributed by atoms with Gasteiger partial charge in [-0.25, -0.2) is 4.39 Å². The van der Waals surface area contributed by atoms with Crippen molar-refractivity contribution in [2.75, 3.05) is 18.9 Å². The Morgan fingerprint density at radius 3 is 2.62 bits per heavy atom. The molecule has 0 heterocycles. The van der Waals surface area contributed by atoms with Gasteiger partial charge >= 0.3 is 0 Å². The number of benzene rings is 2. The molecule has 34 heavy (non-hydrogen) atoms. The fourth-order valence-electron chi connectivity index (χ4n) is 2.98. The van der Waals surface area contributed by atoms with Crippen molar-refractivity contribution in [1.29, 1.82) is 0 Å². The van der Waals surface area contributed by atoms with Crippen LogP contribution in [0, 0.1) is 5.82 Å². The summed E-state index contributed by atoms with van der Waals surface area (Å²) in [5.74, 6) is -0.448. The fraction of sp³-hybridized carbons (Fsp3) is 0.333. The van der Waals surface area contributed by atoms with Gasteiger partial charge in [-0.1, -0.05) is 0 Å². The van der Waals surface area contributed by atoms with Crippen LogP contribution in [-0.4, -0.2) is 45.9 Å². The first-order valence-electron chi connectivity index (χ1n) is 10.9. The second-order valence-corrected chi connectivity index (χ2v) is 9.50. The first-order valence-corrected chi connectivity index (χ1v) is 12.2. The van der Waals surface area contributed by atoms with Gasteiger partial charge in [-0.05, 0) is 51.0 Å². The van der Waals surface area contributed by atoms with E-state index in [9.17, 15) is 18.8 Å². The third-order valence-corrected chi connectivity index (χ3v) is 6.39. The number of rotatable bonds is 11. The largest absolute Gasteiger partial charge is 0.485 e. The van der Waals surface area contributed by atoms with Crippen molar-refractivity contribution >= 4 is 22.9 Å². The maximum atomic E-state index is 14.6. The number of amidine groups is 1. The Bertz CT molecular complexity index is 1090. The number of carbonyl (C=O) groups excluding carboxylic acids is 1. The summed E-state index contributed by atoms with van der Waals surface area (Å²) in [6.07, 6.45) is 4.40. The number of ether oxygens (including phenoxy) is 2. The van der Waals surface area contributed by atoms with Crippen LogP contribution in [0.5, 0.6) is 17.2 Å². The summed E-state index contributed by atoms with van der Waals surface area (Å²) in [5.41, 5.74) is 5.22. The van der Waals surface area contributed by atoms with E-state index in [-0.39, 0.29) is 35.3 Å². The Kier molecular flexibility index (Phi) is 8.54. The van der Waals surface area contributed by atoms with Crippen molar-refractivity contribution in [3.63, 3.8) is 0 Å². The van der Waals surface area contributed by atoms with Gasteiger partial charge in [0.2, 0.25) is 0 Å². The van der Waals surface area contributed by atoms with E-state index in [0.29, 0.717) is 30.0 Å². The Morgan fingerprint density at radius 1 is 1.26 bits per heavy atom. The predicted octanol–water partition coefficient (Wildman–Crippen LogP) is 3.61. The lowest BCUT2D eigenvalue weighted by Gasteiger charge is -2.17. The molecule has 0 aliphatic heterocycles. The number of nitrogens with one attached hydrogen (secondary N) is 1. The van der Waals surface area contributed by atoms with Crippen LogP contribution in [0.3, 0.4) is 0 Å². The smallest absolute Gasteiger partial charge is 0.279 e. The molecule has 2 aromatic rings. The molecule has 2 aromatic carbocycles. The molecule has 1 aliphatic rings. The fourth-order valence-corrected chi connectivity index (χ4v) is 3.78. The Balaban J connectivity index is 1.90. The molecule has 1 amide bonds. The molecule has 1 saturated carbocycles. The van der Waals surface area contributed by atoms with Crippen molar-refractivity contribution in [3.8, 4) is 17.2 Å². The molecular weight excluding hydrogens is 461 g/mol. The molecule has 10 heteroatoms. The number of nitrogens with two attached hydrogens (primary N) is 1. The maximum Gasteiger partial charge on any atom is 0.279 e. The molecule has 1 unspecified atom stereocenters. The van der Waals surface area contributed by atoms with Crippen LogP contribution in [0.15, 0.2) is 58.6 Å². The van der Waals surface area contributed by atoms with Gasteiger partial charge in [0, 0.05) is 36.5 Å². The average molecular weight is 491 g/mol. The first-order chi connectivity index (χ1) is 16.3. The highest BCUT2D eigenvalue weighted by molar-refractivity contribution is 7.91. The molecule has 182 valence electrons. The monoisotopic (exact) mass is 490 g/mol. The highest BCUT2D eigenvalue weighted by atomic mass is 32.2. The highest BCUT2D eigenvalue weighted by Gasteiger charge is 2.45. The van der Waals surface area contributed by atoms with Crippen LogP contribution < -0.4 is 20.5 Å². The topological polar surface area (TPSA) is 126 Å². The number of aliphatic imine (C=N–C) groups is 1. The molecule has 3 rings (SSSR count). The van der Waals surface area contributed by atoms with Crippen molar-refractivity contribution in [3.05, 3.63) is 60.1 Å². The number of carbonyl (C=O) groups is 1. The minimum atomic E-state index is -1.05. The molecule has 0 spiro atoms. The van der Waals surface area contributed by atoms with E-state index in [2.05, 4.69) is 10.3 Å². The summed E-state index contributed by atoms with van der Waals surface area (Å²) >= 11 is -1.05. The van der Waals surface area contributed by atoms with Crippen LogP contribution in [0.1, 0.15) is 37.0 Å². The normalized spacial score (nSPS) is 15.7. The van der Waals surface area contributed by atoms with E-state index in [0.717, 1.165) is 0 Å². The Morgan fingerprint density at radius 2 is 2.00 bits per heavy atom. The van der Waals surface area contributed by atoms with Gasteiger partial charge in [-0.15, -0.1) is 0 Å². The van der Waals surface area contributed by atoms with Gasteiger partial charge in [0.05, 0.1) is 6.61 Å². The molecule has 1 atom stereocenters. The van der Waals surface area contributed by atoms with E-state index in [4.69, 9.17) is 15.2 Å². The second kappa shape index (κ2) is 11.4. The van der Waals surface area contributed by atoms with Gasteiger partial charge in [0.25, 0.3) is 5.91 Å². The zero-order chi connectivity index (χ0) is 24.7. The molecule has 5 N–H and O–H groups in total. The maximum absolute atomic E-state index is 14.6. The number of hydrogen-bond acceptors (Lipinski definition) is 6. The molecular formula is C24H29FN3O5S+. The van der Waals surface area contributed by atoms with Crippen molar-refractivity contribution < 1.29 is 28.3 Å². The van der Waals surface area contributed by atoms with Crippen LogP contribution in [0.4, 0.5) is 4.39 Å². The first kappa shape index (κ1) is 25.5. The summed E-state index contributed by atoms with van der Waals surface area (Å²) < 4.78 is 36.2. The zero-order valence-electron chi connectivity index (χ0n) is 19.1. The summed E-state index contributed by atoms with van der Waals surface area (Å²) in [6, 6.07) is 8.64. The van der Waals surface area contributed by atoms with Gasteiger partial charge in [-0.2, -0.15) is 9.55 Å². The number of aliphatic hydroxyl groups is 1. The Labute approximate surface area is 200 Å². The van der Waals surface area contributed by atoms with Gasteiger partial charge in [0.15, 0.2) is 27.6 Å². The van der Waals surface area contributed by atoms with Gasteiger partial charge in [0.1, 0.15) is 28.7 Å². The van der Waals surface area contributed by atoms with Crippen LogP contribution in [-0.2, 0) is 11.2 Å². The Hall–Kier alpha value is -3.08. The number of hydrogen-bond donors (Lipinski definition) is 4. The minimum absolute atomic E-state index is 0.00529. The van der Waals surface area contributed by atoms with Gasteiger partial charge in [-0.3, -0.25) is 4.79 Å². The van der Waals surface area contributed by atoms with E-state index in [1.807, 2.05) is 6.92 Å². The molecule has 0 bridgehead atoms. The van der Waals surface area contributed by atoms with Crippen molar-refractivity contribution in [2.45, 2.75) is 37.2 Å². The van der Waals surface area contributed by atoms with Crippen LogP contribution in [0.2, 0.25) is 0 Å². The molecule has 0 aromatic heterocycles. The van der Waals surface area contributed by atoms with Crippen molar-refractivity contribution in [1.82, 2.24) is 5.32 Å². The number of amides is 1. The third kappa shape index (κ3) is 6.72. The minimum Gasteiger partial charge on any atom is -0.485 e. The number of halogens is 1. The summed E-state index contributed by atoms with van der Waals surface area (Å²) in [7, 11) is 0. The number of nitrogens with zero attached hydrogens (tertiary/aromatic N) is 1. The van der Waals surface area contributed by atoms with E-state index in [1.165, 1.54) is 36.4 Å². The van der Waals surface area contributed by atoms with Crippen LogP contribution >= 0.6 is 0 Å². The summed E-state index contributed by atoms with van der Waals surface area (Å²) in [4.78, 5) is 17.1. The zero-order valence-corrected chi connectivity index (χ0v) is 19.9. The SMILES string of the molecule is CCN/C=C\C(N)=NC(=O)c1cc(Oc2ccc([S+](O)CC)cc2F)cc(OC2(CO)CC2)c1. The lowest BCUT2D eigenvalue weighted by molar-refractivity contribution is 0.0942. The molecule has 1 aliphatic carbocycles. The van der Waals surface area contributed by atoms with E-state index < -0.39 is 28.5 Å². The van der Waals surface area contributed by atoms with E-state index in [1.54, 1.807) is 19.2 Å². The molecule has 8 nitrogen and oxygen atoms in total. The predicted molar refractivity (Wildman–Crippen MR) is 130 cm³/mol. The number of aliphatic hydroxyl groups excluding tert-OH is 1.